The van der Waals surface area contributed by atoms with Crippen molar-refractivity contribution >= 4 is 5.97 Å². The molecular weight excluding hydrogens is 206 g/mol. The Morgan fingerprint density at radius 1 is 1.75 bits per heavy atom. The van der Waals surface area contributed by atoms with Gasteiger partial charge in [0.1, 0.15) is 0 Å². The van der Waals surface area contributed by atoms with Crippen molar-refractivity contribution in [2.24, 2.45) is 5.92 Å². The first kappa shape index (κ1) is 13.2. The van der Waals surface area contributed by atoms with Crippen molar-refractivity contribution in [3.8, 4) is 0 Å². The highest BCUT2D eigenvalue weighted by atomic mass is 16.5. The van der Waals surface area contributed by atoms with Crippen molar-refractivity contribution in [1.29, 1.82) is 0 Å². The lowest BCUT2D eigenvalue weighted by Crippen LogP contribution is -2.45. The van der Waals surface area contributed by atoms with Crippen LogP contribution in [-0.4, -0.2) is 48.3 Å². The second kappa shape index (κ2) is 6.01. The molecule has 0 amide bonds. The Bertz CT molecular complexity index is 255. The predicted octanol–water partition coefficient (Wildman–Crippen LogP) is 1.37. The molecule has 0 aromatic rings. The lowest BCUT2D eigenvalue weighted by atomic mass is 9.96. The number of hydrogen-bond donors (Lipinski definition) is 1. The molecule has 1 saturated heterocycles. The normalized spacial score (nSPS) is 25.2. The molecule has 3 unspecified atom stereocenters. The van der Waals surface area contributed by atoms with E-state index in [0.717, 1.165) is 25.9 Å². The fraction of sp³-hybridized carbons (Fsp3) is 0.750. The van der Waals surface area contributed by atoms with Crippen molar-refractivity contribution in [3.05, 3.63) is 12.7 Å². The molecule has 0 aromatic heterocycles. The Kier molecular flexibility index (Phi) is 4.96. The van der Waals surface area contributed by atoms with Crippen molar-refractivity contribution in [2.45, 2.75) is 31.9 Å². The summed E-state index contributed by atoms with van der Waals surface area (Å²) in [6.45, 7) is 7.24. The molecule has 0 saturated carbocycles. The summed E-state index contributed by atoms with van der Waals surface area (Å²) < 4.78 is 5.38. The van der Waals surface area contributed by atoms with Crippen LogP contribution in [0.3, 0.4) is 0 Å². The van der Waals surface area contributed by atoms with Gasteiger partial charge in [0.05, 0.1) is 12.0 Å². The minimum absolute atomic E-state index is 0.203. The molecule has 0 spiro atoms. The maximum absolute atomic E-state index is 11.0. The molecule has 1 aliphatic heterocycles. The highest BCUT2D eigenvalue weighted by Gasteiger charge is 2.36. The van der Waals surface area contributed by atoms with E-state index in [-0.39, 0.29) is 12.1 Å². The van der Waals surface area contributed by atoms with Crippen molar-refractivity contribution < 1.29 is 14.6 Å². The molecule has 4 heteroatoms. The quantitative estimate of drug-likeness (QED) is 0.696. The average molecular weight is 227 g/mol. The van der Waals surface area contributed by atoms with Gasteiger partial charge in [-0.25, -0.2) is 0 Å². The van der Waals surface area contributed by atoms with Crippen LogP contribution in [-0.2, 0) is 9.53 Å². The molecule has 0 radical (unpaired) electrons. The first-order valence-electron chi connectivity index (χ1n) is 5.72. The predicted molar refractivity (Wildman–Crippen MR) is 62.4 cm³/mol. The summed E-state index contributed by atoms with van der Waals surface area (Å²) in [5.41, 5.74) is 0. The third kappa shape index (κ3) is 2.83. The molecule has 3 atom stereocenters. The van der Waals surface area contributed by atoms with Gasteiger partial charge in [-0.3, -0.25) is 9.69 Å². The number of rotatable bonds is 6. The SMILES string of the molecule is C=CCN1CCCC1C(OC)C(C)C(=O)O. The highest BCUT2D eigenvalue weighted by molar-refractivity contribution is 5.70. The molecule has 16 heavy (non-hydrogen) atoms. The Hall–Kier alpha value is -0.870. The van der Waals surface area contributed by atoms with Crippen LogP contribution in [0.4, 0.5) is 0 Å². The van der Waals surface area contributed by atoms with Crippen LogP contribution in [0, 0.1) is 5.92 Å². The standard InChI is InChI=1S/C12H21NO3/c1-4-7-13-8-5-6-10(13)11(16-3)9(2)12(14)15/h4,9-11H,1,5-8H2,2-3H3,(H,14,15). The summed E-state index contributed by atoms with van der Waals surface area (Å²) in [6, 6.07) is 0.203. The molecule has 0 aromatic carbocycles. The zero-order chi connectivity index (χ0) is 12.1. The lowest BCUT2D eigenvalue weighted by molar-refractivity contribution is -0.147. The minimum atomic E-state index is -0.794. The van der Waals surface area contributed by atoms with Gasteiger partial charge in [-0.05, 0) is 26.3 Å². The zero-order valence-corrected chi connectivity index (χ0v) is 10.1. The molecule has 1 aliphatic rings. The number of carboxylic acid groups (broad SMARTS) is 1. The Morgan fingerprint density at radius 3 is 2.94 bits per heavy atom. The highest BCUT2D eigenvalue weighted by Crippen LogP contribution is 2.25. The fourth-order valence-electron chi connectivity index (χ4n) is 2.45. The topological polar surface area (TPSA) is 49.8 Å². The molecule has 0 bridgehead atoms. The minimum Gasteiger partial charge on any atom is -0.481 e. The van der Waals surface area contributed by atoms with E-state index in [9.17, 15) is 4.79 Å². The lowest BCUT2D eigenvalue weighted by Gasteiger charge is -2.32. The Morgan fingerprint density at radius 2 is 2.44 bits per heavy atom. The van der Waals surface area contributed by atoms with Crippen LogP contribution >= 0.6 is 0 Å². The maximum Gasteiger partial charge on any atom is 0.308 e. The second-order valence-electron chi connectivity index (χ2n) is 4.32. The van der Waals surface area contributed by atoms with E-state index < -0.39 is 11.9 Å². The molecule has 1 heterocycles. The number of likely N-dealkylation sites (tertiary alicyclic amines) is 1. The van der Waals surface area contributed by atoms with E-state index >= 15 is 0 Å². The zero-order valence-electron chi connectivity index (χ0n) is 10.1. The van der Waals surface area contributed by atoms with Crippen LogP contribution in [0.1, 0.15) is 19.8 Å². The summed E-state index contributed by atoms with van der Waals surface area (Å²) in [5, 5.41) is 9.04. The van der Waals surface area contributed by atoms with Crippen LogP contribution in [0.15, 0.2) is 12.7 Å². The molecule has 1 N–H and O–H groups in total. The average Bonchev–Trinajstić information content (AvgIpc) is 2.68. The third-order valence-corrected chi connectivity index (χ3v) is 3.31. The molecule has 1 rings (SSSR count). The van der Waals surface area contributed by atoms with Gasteiger partial charge in [0.25, 0.3) is 0 Å². The number of ether oxygens (including phenoxy) is 1. The summed E-state index contributed by atoms with van der Waals surface area (Å²) in [4.78, 5) is 13.3. The number of nitrogens with zero attached hydrogens (tertiary/aromatic N) is 1. The van der Waals surface area contributed by atoms with Crippen molar-refractivity contribution in [3.63, 3.8) is 0 Å². The molecular formula is C12H21NO3. The molecule has 1 fully saturated rings. The Labute approximate surface area is 96.9 Å². The number of methoxy groups -OCH3 is 1. The summed E-state index contributed by atoms with van der Waals surface area (Å²) in [6.07, 6.45) is 3.73. The number of hydrogen-bond acceptors (Lipinski definition) is 3. The first-order chi connectivity index (χ1) is 7.61. The van der Waals surface area contributed by atoms with Gasteiger partial charge < -0.3 is 9.84 Å². The van der Waals surface area contributed by atoms with E-state index in [2.05, 4.69) is 11.5 Å². The molecule has 92 valence electrons. The van der Waals surface area contributed by atoms with Crippen LogP contribution < -0.4 is 0 Å². The third-order valence-electron chi connectivity index (χ3n) is 3.31. The van der Waals surface area contributed by atoms with E-state index in [1.165, 1.54) is 0 Å². The largest absolute Gasteiger partial charge is 0.481 e. The van der Waals surface area contributed by atoms with Gasteiger partial charge in [0, 0.05) is 19.7 Å². The van der Waals surface area contributed by atoms with Gasteiger partial charge in [-0.2, -0.15) is 0 Å². The number of aliphatic carboxylic acids is 1. The van der Waals surface area contributed by atoms with Gasteiger partial charge in [-0.15, -0.1) is 6.58 Å². The van der Waals surface area contributed by atoms with E-state index in [1.54, 1.807) is 14.0 Å². The summed E-state index contributed by atoms with van der Waals surface area (Å²) in [7, 11) is 1.59. The number of carboxylic acids is 1. The summed E-state index contributed by atoms with van der Waals surface area (Å²) in [5.74, 6) is -1.27. The van der Waals surface area contributed by atoms with E-state index in [1.807, 2.05) is 6.08 Å². The van der Waals surface area contributed by atoms with Crippen molar-refractivity contribution in [2.75, 3.05) is 20.2 Å². The smallest absolute Gasteiger partial charge is 0.308 e. The van der Waals surface area contributed by atoms with Gasteiger partial charge in [0.15, 0.2) is 0 Å². The monoisotopic (exact) mass is 227 g/mol. The van der Waals surface area contributed by atoms with Crippen molar-refractivity contribution in [1.82, 2.24) is 4.90 Å². The van der Waals surface area contributed by atoms with Gasteiger partial charge >= 0.3 is 5.97 Å². The van der Waals surface area contributed by atoms with Crippen LogP contribution in [0.25, 0.3) is 0 Å². The number of carbonyl (C=O) groups is 1. The molecule has 4 nitrogen and oxygen atoms in total. The fourth-order valence-corrected chi connectivity index (χ4v) is 2.45. The second-order valence-corrected chi connectivity index (χ2v) is 4.32. The summed E-state index contributed by atoms with van der Waals surface area (Å²) >= 11 is 0. The molecule has 0 aliphatic carbocycles. The maximum atomic E-state index is 11.0. The van der Waals surface area contributed by atoms with Crippen LogP contribution in [0.5, 0.6) is 0 Å². The first-order valence-corrected chi connectivity index (χ1v) is 5.72. The Balaban J connectivity index is 2.70. The van der Waals surface area contributed by atoms with Gasteiger partial charge in [-0.1, -0.05) is 6.08 Å². The van der Waals surface area contributed by atoms with Crippen LogP contribution in [0.2, 0.25) is 0 Å². The van der Waals surface area contributed by atoms with E-state index in [0.29, 0.717) is 0 Å². The van der Waals surface area contributed by atoms with Gasteiger partial charge in [0.2, 0.25) is 0 Å². The van der Waals surface area contributed by atoms with E-state index in [4.69, 9.17) is 9.84 Å².